The summed E-state index contributed by atoms with van der Waals surface area (Å²) in [6, 6.07) is 8.10. The van der Waals surface area contributed by atoms with E-state index in [1.807, 2.05) is 12.1 Å². The molecule has 1 aromatic carbocycles. The maximum Gasteiger partial charge on any atom is 0.226 e. The average Bonchev–Trinajstić information content (AvgIpc) is 2.48. The van der Waals surface area contributed by atoms with E-state index in [0.29, 0.717) is 17.7 Å². The van der Waals surface area contributed by atoms with E-state index in [4.69, 9.17) is 16.3 Å². The minimum Gasteiger partial charge on any atom is -0.439 e. The van der Waals surface area contributed by atoms with E-state index >= 15 is 0 Å². The summed E-state index contributed by atoms with van der Waals surface area (Å²) < 4.78 is 5.73. The minimum absolute atomic E-state index is 0.334. The Bertz CT molecular complexity index is 528. The van der Waals surface area contributed by atoms with Gasteiger partial charge in [0.05, 0.1) is 5.88 Å². The lowest BCUT2D eigenvalue weighted by atomic mass is 9.99. The number of hydrogen-bond donors (Lipinski definition) is 0. The number of nitrogens with zero attached hydrogens (tertiary/aromatic N) is 2. The number of aromatic nitrogens is 2. The zero-order chi connectivity index (χ0) is 13.7. The van der Waals surface area contributed by atoms with Gasteiger partial charge in [-0.15, -0.1) is 11.6 Å². The summed E-state index contributed by atoms with van der Waals surface area (Å²) in [6.45, 7) is 4.40. The van der Waals surface area contributed by atoms with Crippen molar-refractivity contribution in [1.82, 2.24) is 9.97 Å². The van der Waals surface area contributed by atoms with Crippen molar-refractivity contribution in [2.24, 2.45) is 0 Å². The van der Waals surface area contributed by atoms with E-state index in [1.165, 1.54) is 11.9 Å². The highest BCUT2D eigenvalue weighted by atomic mass is 35.5. The summed E-state index contributed by atoms with van der Waals surface area (Å²) in [5, 5.41) is 0. The predicted molar refractivity (Wildman–Crippen MR) is 76.8 cm³/mol. The normalized spacial score (nSPS) is 12.2. The van der Waals surface area contributed by atoms with Crippen molar-refractivity contribution in [1.29, 1.82) is 0 Å². The van der Waals surface area contributed by atoms with Crippen LogP contribution in [-0.2, 0) is 5.88 Å². The van der Waals surface area contributed by atoms with Crippen molar-refractivity contribution < 1.29 is 4.74 Å². The minimum atomic E-state index is 0.334. The lowest BCUT2D eigenvalue weighted by Crippen LogP contribution is -1.95. The number of benzene rings is 1. The van der Waals surface area contributed by atoms with Gasteiger partial charge in [-0.05, 0) is 30.0 Å². The van der Waals surface area contributed by atoms with Gasteiger partial charge in [-0.25, -0.2) is 9.97 Å². The summed E-state index contributed by atoms with van der Waals surface area (Å²) in [7, 11) is 0. The van der Waals surface area contributed by atoms with Crippen molar-refractivity contribution in [2.75, 3.05) is 0 Å². The molecule has 4 heteroatoms. The van der Waals surface area contributed by atoms with Crippen LogP contribution in [0.2, 0.25) is 0 Å². The molecular formula is C15H17ClN2O. The molecule has 0 saturated carbocycles. The molecular weight excluding hydrogens is 260 g/mol. The Labute approximate surface area is 118 Å². The van der Waals surface area contributed by atoms with E-state index in [9.17, 15) is 0 Å². The molecule has 3 nitrogen and oxygen atoms in total. The van der Waals surface area contributed by atoms with Gasteiger partial charge in [-0.1, -0.05) is 26.0 Å². The van der Waals surface area contributed by atoms with Gasteiger partial charge in [0.1, 0.15) is 12.1 Å². The second kappa shape index (κ2) is 6.53. The van der Waals surface area contributed by atoms with Crippen LogP contribution in [0.3, 0.4) is 0 Å². The molecule has 0 aliphatic heterocycles. The Morgan fingerprint density at radius 2 is 2.00 bits per heavy atom. The van der Waals surface area contributed by atoms with E-state index in [1.54, 1.807) is 6.20 Å². The van der Waals surface area contributed by atoms with E-state index in [0.717, 1.165) is 17.7 Å². The highest BCUT2D eigenvalue weighted by Gasteiger charge is 2.07. The molecule has 1 heterocycles. The highest BCUT2D eigenvalue weighted by molar-refractivity contribution is 6.17. The third kappa shape index (κ3) is 3.44. The predicted octanol–water partition coefficient (Wildman–Crippen LogP) is 4.52. The molecule has 1 aromatic heterocycles. The van der Waals surface area contributed by atoms with E-state index in [-0.39, 0.29) is 0 Å². The molecule has 0 amide bonds. The molecule has 2 rings (SSSR count). The summed E-state index contributed by atoms with van der Waals surface area (Å²) in [5.74, 6) is 2.17. The third-order valence-electron chi connectivity index (χ3n) is 3.17. The Morgan fingerprint density at radius 1 is 1.26 bits per heavy atom. The van der Waals surface area contributed by atoms with Crippen LogP contribution in [0.4, 0.5) is 0 Å². The Morgan fingerprint density at radius 3 is 2.63 bits per heavy atom. The quantitative estimate of drug-likeness (QED) is 0.753. The van der Waals surface area contributed by atoms with Gasteiger partial charge in [0, 0.05) is 11.8 Å². The van der Waals surface area contributed by atoms with Crippen LogP contribution in [-0.4, -0.2) is 9.97 Å². The lowest BCUT2D eigenvalue weighted by Gasteiger charge is -2.11. The largest absolute Gasteiger partial charge is 0.439 e. The molecule has 0 spiro atoms. The Balaban J connectivity index is 2.15. The van der Waals surface area contributed by atoms with Gasteiger partial charge in [-0.2, -0.15) is 0 Å². The van der Waals surface area contributed by atoms with E-state index < -0.39 is 0 Å². The summed E-state index contributed by atoms with van der Waals surface area (Å²) in [6.07, 6.45) is 4.25. The van der Waals surface area contributed by atoms with Crippen molar-refractivity contribution in [3.8, 4) is 11.6 Å². The average molecular weight is 277 g/mol. The molecule has 0 N–H and O–H groups in total. The number of ether oxygens (including phenoxy) is 1. The Hall–Kier alpha value is -1.61. The lowest BCUT2D eigenvalue weighted by molar-refractivity contribution is 0.456. The van der Waals surface area contributed by atoms with Crippen molar-refractivity contribution >= 4 is 11.6 Å². The first kappa shape index (κ1) is 13.8. The van der Waals surface area contributed by atoms with Crippen LogP contribution in [0.5, 0.6) is 11.6 Å². The molecule has 0 radical (unpaired) electrons. The zero-order valence-electron chi connectivity index (χ0n) is 11.1. The number of rotatable bonds is 5. The topological polar surface area (TPSA) is 35.0 Å². The first-order valence-corrected chi connectivity index (χ1v) is 6.90. The van der Waals surface area contributed by atoms with Gasteiger partial charge in [0.2, 0.25) is 5.88 Å². The van der Waals surface area contributed by atoms with Crippen LogP contribution in [0.25, 0.3) is 0 Å². The monoisotopic (exact) mass is 276 g/mol. The van der Waals surface area contributed by atoms with Gasteiger partial charge >= 0.3 is 0 Å². The molecule has 2 aromatic rings. The molecule has 1 unspecified atom stereocenters. The van der Waals surface area contributed by atoms with Crippen LogP contribution in [0.1, 0.15) is 37.3 Å². The third-order valence-corrected chi connectivity index (χ3v) is 3.45. The zero-order valence-corrected chi connectivity index (χ0v) is 11.9. The van der Waals surface area contributed by atoms with Crippen LogP contribution in [0.15, 0.2) is 36.8 Å². The molecule has 0 aliphatic carbocycles. The first-order valence-electron chi connectivity index (χ1n) is 6.37. The molecule has 0 saturated heterocycles. The van der Waals surface area contributed by atoms with Crippen molar-refractivity contribution in [3.63, 3.8) is 0 Å². The van der Waals surface area contributed by atoms with Gasteiger partial charge in [-0.3, -0.25) is 0 Å². The van der Waals surface area contributed by atoms with Gasteiger partial charge < -0.3 is 4.74 Å². The van der Waals surface area contributed by atoms with Crippen LogP contribution >= 0.6 is 11.6 Å². The van der Waals surface area contributed by atoms with Crippen molar-refractivity contribution in [3.05, 3.63) is 47.9 Å². The summed E-state index contributed by atoms with van der Waals surface area (Å²) >= 11 is 5.82. The maximum absolute atomic E-state index is 5.82. The SMILES string of the molecule is CCC(C)c1ccc(Oc2ncncc2CCl)cc1. The summed E-state index contributed by atoms with van der Waals surface area (Å²) in [5.41, 5.74) is 2.10. The first-order chi connectivity index (χ1) is 9.24. The molecule has 0 aliphatic rings. The fourth-order valence-electron chi connectivity index (χ4n) is 1.74. The number of alkyl halides is 1. The molecule has 19 heavy (non-hydrogen) atoms. The van der Waals surface area contributed by atoms with Crippen molar-refractivity contribution in [2.45, 2.75) is 32.1 Å². The standard InChI is InChI=1S/C15H17ClN2O/c1-3-11(2)12-4-6-14(7-5-12)19-15-13(8-16)9-17-10-18-15/h4-7,9-11H,3,8H2,1-2H3. The van der Waals surface area contributed by atoms with Crippen LogP contribution in [0, 0.1) is 0 Å². The van der Waals surface area contributed by atoms with Crippen LogP contribution < -0.4 is 4.74 Å². The molecule has 1 atom stereocenters. The second-order valence-corrected chi connectivity index (χ2v) is 4.73. The fraction of sp³-hybridized carbons (Fsp3) is 0.333. The fourth-order valence-corrected chi connectivity index (χ4v) is 1.93. The number of halogens is 1. The molecule has 0 bridgehead atoms. The maximum atomic E-state index is 5.82. The number of hydrogen-bond acceptors (Lipinski definition) is 3. The van der Waals surface area contributed by atoms with Gasteiger partial charge in [0.15, 0.2) is 0 Å². The smallest absolute Gasteiger partial charge is 0.226 e. The highest BCUT2D eigenvalue weighted by Crippen LogP contribution is 2.26. The molecule has 100 valence electrons. The van der Waals surface area contributed by atoms with Gasteiger partial charge in [0.25, 0.3) is 0 Å². The van der Waals surface area contributed by atoms with E-state index in [2.05, 4.69) is 35.9 Å². The Kier molecular flexibility index (Phi) is 4.74. The molecule has 0 fully saturated rings. The summed E-state index contributed by atoms with van der Waals surface area (Å²) in [4.78, 5) is 8.03. The second-order valence-electron chi connectivity index (χ2n) is 4.47.